The van der Waals surface area contributed by atoms with Crippen LogP contribution in [0.3, 0.4) is 0 Å². The molecule has 1 N–H and O–H groups in total. The lowest BCUT2D eigenvalue weighted by Gasteiger charge is -2.17. The molecule has 2 saturated carbocycles. The largest absolute Gasteiger partial charge is 0.497 e. The molecule has 0 amide bonds. The summed E-state index contributed by atoms with van der Waals surface area (Å²) >= 11 is 0. The molecule has 0 radical (unpaired) electrons. The lowest BCUT2D eigenvalue weighted by Crippen LogP contribution is -2.41. The van der Waals surface area contributed by atoms with Gasteiger partial charge in [0.2, 0.25) is 5.95 Å². The number of hydrogen-bond acceptors (Lipinski definition) is 9. The standard InChI is InChI=1S/C30H39N5O7/c1-19(36)41-17-24(18-42-20(2)37)12-13-31-29-32-27-26(33(29)14-23-8-10-25(40-3)11-9-23)28(38)35(16-22-6-7-22)30(39)34(27)15-21-4-5-21/h8-11,21-22,24H,4-7,12-18H2,1-3H3,(H,31,32). The molecule has 2 aromatic heterocycles. The predicted molar refractivity (Wildman–Crippen MR) is 156 cm³/mol. The van der Waals surface area contributed by atoms with Gasteiger partial charge < -0.3 is 19.5 Å². The van der Waals surface area contributed by atoms with Crippen LogP contribution in [0, 0.1) is 17.8 Å². The van der Waals surface area contributed by atoms with Crippen molar-refractivity contribution in [2.45, 2.75) is 65.6 Å². The van der Waals surface area contributed by atoms with Gasteiger partial charge in [0.15, 0.2) is 11.2 Å². The van der Waals surface area contributed by atoms with E-state index in [1.54, 1.807) is 11.7 Å². The van der Waals surface area contributed by atoms with Crippen molar-refractivity contribution in [3.63, 3.8) is 0 Å². The van der Waals surface area contributed by atoms with E-state index in [0.29, 0.717) is 61.5 Å². The average molecular weight is 582 g/mol. The van der Waals surface area contributed by atoms with Crippen LogP contribution in [0.2, 0.25) is 0 Å². The van der Waals surface area contributed by atoms with Gasteiger partial charge in [-0.25, -0.2) is 4.79 Å². The fourth-order valence-electron chi connectivity index (χ4n) is 5.01. The number of nitrogens with one attached hydrogen (secondary N) is 1. The number of fused-ring (bicyclic) bond motifs is 1. The summed E-state index contributed by atoms with van der Waals surface area (Å²) < 4.78 is 20.6. The van der Waals surface area contributed by atoms with Crippen LogP contribution in [-0.4, -0.2) is 57.5 Å². The Morgan fingerprint density at radius 1 is 0.929 bits per heavy atom. The maximum atomic E-state index is 13.9. The average Bonchev–Trinajstić information content (AvgIpc) is 3.90. The van der Waals surface area contributed by atoms with Crippen LogP contribution in [0.25, 0.3) is 11.2 Å². The number of benzene rings is 1. The maximum Gasteiger partial charge on any atom is 0.332 e. The molecule has 0 atom stereocenters. The number of nitrogens with zero attached hydrogens (tertiary/aromatic N) is 4. The second-order valence-electron chi connectivity index (χ2n) is 11.4. The monoisotopic (exact) mass is 581 g/mol. The second kappa shape index (κ2) is 12.8. The van der Waals surface area contributed by atoms with Crippen molar-refractivity contribution >= 4 is 29.1 Å². The molecule has 2 aliphatic rings. The van der Waals surface area contributed by atoms with Gasteiger partial charge in [-0.2, -0.15) is 4.98 Å². The third-order valence-electron chi connectivity index (χ3n) is 7.77. The highest BCUT2D eigenvalue weighted by Crippen LogP contribution is 2.32. The molecule has 2 heterocycles. The van der Waals surface area contributed by atoms with Gasteiger partial charge in [0.05, 0.1) is 26.9 Å². The zero-order valence-electron chi connectivity index (χ0n) is 24.5. The Bertz CT molecular complexity index is 1530. The number of ether oxygens (including phenoxy) is 3. The Morgan fingerprint density at radius 3 is 2.07 bits per heavy atom. The molecular formula is C30H39N5O7. The molecule has 0 aliphatic heterocycles. The molecule has 0 saturated heterocycles. The number of methoxy groups -OCH3 is 1. The fraction of sp³-hybridized carbons (Fsp3) is 0.567. The summed E-state index contributed by atoms with van der Waals surface area (Å²) in [6.45, 7) is 4.60. The second-order valence-corrected chi connectivity index (χ2v) is 11.4. The molecule has 2 aliphatic carbocycles. The van der Waals surface area contributed by atoms with Crippen LogP contribution >= 0.6 is 0 Å². The van der Waals surface area contributed by atoms with E-state index in [-0.39, 0.29) is 30.4 Å². The van der Waals surface area contributed by atoms with Crippen LogP contribution in [0.1, 0.15) is 51.5 Å². The number of carbonyl (C=O) groups excluding carboxylic acids is 2. The van der Waals surface area contributed by atoms with Gasteiger partial charge in [-0.3, -0.25) is 28.1 Å². The Balaban J connectivity index is 1.50. The van der Waals surface area contributed by atoms with Crippen LogP contribution in [-0.2, 0) is 38.7 Å². The molecular weight excluding hydrogens is 542 g/mol. The van der Waals surface area contributed by atoms with E-state index in [9.17, 15) is 19.2 Å². The van der Waals surface area contributed by atoms with Crippen molar-refractivity contribution in [1.29, 1.82) is 0 Å². The van der Waals surface area contributed by atoms with E-state index in [4.69, 9.17) is 19.2 Å². The van der Waals surface area contributed by atoms with E-state index in [0.717, 1.165) is 37.0 Å². The minimum atomic E-state index is -0.409. The Kier molecular flexibility index (Phi) is 8.98. The van der Waals surface area contributed by atoms with Crippen molar-refractivity contribution in [3.05, 3.63) is 50.7 Å². The summed E-state index contributed by atoms with van der Waals surface area (Å²) in [5.41, 5.74) is 1.09. The summed E-state index contributed by atoms with van der Waals surface area (Å²) in [6, 6.07) is 7.60. The van der Waals surface area contributed by atoms with Crippen molar-refractivity contribution in [3.8, 4) is 5.75 Å². The predicted octanol–water partition coefficient (Wildman–Crippen LogP) is 2.78. The number of imidazole rings is 1. The quantitative estimate of drug-likeness (QED) is 0.269. The lowest BCUT2D eigenvalue weighted by molar-refractivity contribution is -0.146. The third kappa shape index (κ3) is 7.21. The van der Waals surface area contributed by atoms with E-state index in [1.165, 1.54) is 18.4 Å². The van der Waals surface area contributed by atoms with Crippen LogP contribution in [0.5, 0.6) is 5.75 Å². The normalized spacial score (nSPS) is 14.8. The van der Waals surface area contributed by atoms with Crippen molar-refractivity contribution in [2.75, 3.05) is 32.2 Å². The van der Waals surface area contributed by atoms with Gasteiger partial charge in [-0.1, -0.05) is 12.1 Å². The highest BCUT2D eigenvalue weighted by molar-refractivity contribution is 5.74. The number of anilines is 1. The number of rotatable bonds is 15. The third-order valence-corrected chi connectivity index (χ3v) is 7.77. The molecule has 226 valence electrons. The zero-order chi connectivity index (χ0) is 29.8. The van der Waals surface area contributed by atoms with E-state index in [1.807, 2.05) is 28.8 Å². The summed E-state index contributed by atoms with van der Waals surface area (Å²) in [5.74, 6) is 0.900. The summed E-state index contributed by atoms with van der Waals surface area (Å²) in [6.07, 6.45) is 4.66. The molecule has 0 bridgehead atoms. The molecule has 3 aromatic rings. The topological polar surface area (TPSA) is 136 Å². The first-order chi connectivity index (χ1) is 20.2. The first kappa shape index (κ1) is 29.4. The Morgan fingerprint density at radius 2 is 1.52 bits per heavy atom. The van der Waals surface area contributed by atoms with E-state index >= 15 is 0 Å². The van der Waals surface area contributed by atoms with Crippen LogP contribution in [0.4, 0.5) is 5.95 Å². The summed E-state index contributed by atoms with van der Waals surface area (Å²) in [4.78, 5) is 55.1. The van der Waals surface area contributed by atoms with Crippen molar-refractivity contribution in [2.24, 2.45) is 17.8 Å². The number of esters is 2. The fourth-order valence-corrected chi connectivity index (χ4v) is 5.01. The first-order valence-electron chi connectivity index (χ1n) is 14.6. The van der Waals surface area contributed by atoms with E-state index in [2.05, 4.69) is 5.32 Å². The smallest absolute Gasteiger partial charge is 0.332 e. The molecule has 12 heteroatoms. The van der Waals surface area contributed by atoms with E-state index < -0.39 is 11.9 Å². The molecule has 42 heavy (non-hydrogen) atoms. The van der Waals surface area contributed by atoms with Crippen LogP contribution < -0.4 is 21.3 Å². The number of aromatic nitrogens is 4. The van der Waals surface area contributed by atoms with Gasteiger partial charge in [-0.05, 0) is 61.6 Å². The van der Waals surface area contributed by atoms with Gasteiger partial charge >= 0.3 is 17.6 Å². The maximum absolute atomic E-state index is 13.9. The molecule has 5 rings (SSSR count). The summed E-state index contributed by atoms with van der Waals surface area (Å²) in [7, 11) is 1.61. The zero-order valence-corrected chi connectivity index (χ0v) is 24.5. The van der Waals surface area contributed by atoms with Crippen LogP contribution in [0.15, 0.2) is 33.9 Å². The van der Waals surface area contributed by atoms with Gasteiger partial charge in [0.1, 0.15) is 5.75 Å². The molecule has 0 spiro atoms. The van der Waals surface area contributed by atoms with Crippen molar-refractivity contribution in [1.82, 2.24) is 18.7 Å². The van der Waals surface area contributed by atoms with Gasteiger partial charge in [-0.15, -0.1) is 0 Å². The Labute approximate surface area is 243 Å². The van der Waals surface area contributed by atoms with Gasteiger partial charge in [0.25, 0.3) is 5.56 Å². The highest BCUT2D eigenvalue weighted by atomic mass is 16.5. The van der Waals surface area contributed by atoms with Gasteiger partial charge in [0, 0.05) is 39.4 Å². The highest BCUT2D eigenvalue weighted by Gasteiger charge is 2.30. The molecule has 1 aromatic carbocycles. The number of carbonyl (C=O) groups is 2. The summed E-state index contributed by atoms with van der Waals surface area (Å²) in [5, 5.41) is 3.35. The molecule has 0 unspecified atom stereocenters. The lowest BCUT2D eigenvalue weighted by atomic mass is 10.1. The minimum Gasteiger partial charge on any atom is -0.497 e. The molecule has 2 fully saturated rings. The Hall–Kier alpha value is -4.09. The first-order valence-corrected chi connectivity index (χ1v) is 14.6. The number of hydrogen-bond donors (Lipinski definition) is 1. The molecule has 12 nitrogen and oxygen atoms in total. The SMILES string of the molecule is COc1ccc(Cn2c(NCCC(COC(C)=O)COC(C)=O)nc3c2c(=O)n(CC2CC2)c(=O)n3CC2CC2)cc1. The minimum absolute atomic E-state index is 0.110. The van der Waals surface area contributed by atoms with Crippen molar-refractivity contribution < 1.29 is 23.8 Å².